The van der Waals surface area contributed by atoms with Gasteiger partial charge in [0.15, 0.2) is 5.22 Å². The summed E-state index contributed by atoms with van der Waals surface area (Å²) in [6.07, 6.45) is 1.32. The van der Waals surface area contributed by atoms with Gasteiger partial charge in [0.05, 0.1) is 6.04 Å². The van der Waals surface area contributed by atoms with Gasteiger partial charge >= 0.3 is 0 Å². The minimum Gasteiger partial charge on any atom is -0.445 e. The first-order chi connectivity index (χ1) is 14.8. The van der Waals surface area contributed by atoms with Gasteiger partial charge in [-0.05, 0) is 71.6 Å². The number of carbonyl (C=O) groups excluding carboxylic acids is 2. The number of hydrogen-bond acceptors (Lipinski definition) is 3. The van der Waals surface area contributed by atoms with Gasteiger partial charge in [-0.3, -0.25) is 9.59 Å². The molecule has 0 saturated heterocycles. The van der Waals surface area contributed by atoms with Crippen molar-refractivity contribution in [1.29, 1.82) is 0 Å². The maximum absolute atomic E-state index is 14.3. The lowest BCUT2D eigenvalue weighted by atomic mass is 9.64. The van der Waals surface area contributed by atoms with Crippen molar-refractivity contribution in [3.8, 4) is 0 Å². The van der Waals surface area contributed by atoms with Crippen LogP contribution in [0.3, 0.4) is 0 Å². The Kier molecular flexibility index (Phi) is 4.46. The smallest absolute Gasteiger partial charge is 0.244 e. The number of benzene rings is 2. The van der Waals surface area contributed by atoms with Crippen LogP contribution in [0.5, 0.6) is 0 Å². The van der Waals surface area contributed by atoms with Crippen molar-refractivity contribution in [3.05, 3.63) is 93.1 Å². The maximum atomic E-state index is 14.3. The molecule has 5 rings (SSSR count). The summed E-state index contributed by atoms with van der Waals surface area (Å²) < 4.78 is 19.9. The number of carbonyl (C=O) groups is 2. The quantitative estimate of drug-likeness (QED) is 0.557. The van der Waals surface area contributed by atoms with Crippen LogP contribution >= 0.6 is 23.2 Å². The van der Waals surface area contributed by atoms with E-state index in [0.29, 0.717) is 27.4 Å². The second-order valence-electron chi connectivity index (χ2n) is 7.56. The Morgan fingerprint density at radius 1 is 1.06 bits per heavy atom. The molecular weight excluding hydrogens is 442 g/mol. The van der Waals surface area contributed by atoms with E-state index in [2.05, 4.69) is 10.6 Å². The number of hydrogen-bond donors (Lipinski definition) is 2. The van der Waals surface area contributed by atoms with Gasteiger partial charge in [-0.2, -0.15) is 0 Å². The summed E-state index contributed by atoms with van der Waals surface area (Å²) in [5.74, 6) is -1.03. The van der Waals surface area contributed by atoms with Crippen molar-refractivity contribution in [3.63, 3.8) is 0 Å². The number of furan rings is 1. The normalized spacial score (nSPS) is 22.2. The summed E-state index contributed by atoms with van der Waals surface area (Å²) in [6.45, 7) is 1.80. The standard InChI is InChI=1S/C23H15Cl2FN2O3/c1-11-2-4-13(26)9-14(11)21-23(15-5-3-12(24)8-17(15)27-22(23)30)16(10-20(29)28-21)18-6-7-19(25)31-18/h2-10,21H,1H3,(H,27,30)(H,28,29). The topological polar surface area (TPSA) is 71.3 Å². The molecular formula is C23H15Cl2FN2O3. The van der Waals surface area contributed by atoms with Crippen molar-refractivity contribution < 1.29 is 18.4 Å². The fraction of sp³-hybridized carbons (Fsp3) is 0.130. The molecule has 0 aliphatic carbocycles. The van der Waals surface area contributed by atoms with Crippen LogP contribution in [0.2, 0.25) is 10.2 Å². The molecule has 1 spiro atoms. The average Bonchev–Trinajstić information content (AvgIpc) is 3.27. The Labute approximate surface area is 186 Å². The van der Waals surface area contributed by atoms with E-state index in [0.717, 1.165) is 5.56 Å². The Hall–Kier alpha value is -3.09. The summed E-state index contributed by atoms with van der Waals surface area (Å²) in [7, 11) is 0. The van der Waals surface area contributed by atoms with Gasteiger partial charge in [-0.25, -0.2) is 4.39 Å². The zero-order valence-electron chi connectivity index (χ0n) is 16.1. The van der Waals surface area contributed by atoms with E-state index in [1.165, 1.54) is 24.3 Å². The Morgan fingerprint density at radius 3 is 2.61 bits per heavy atom. The number of halogens is 3. The molecule has 2 unspecified atom stereocenters. The van der Waals surface area contributed by atoms with Crippen molar-refractivity contribution in [2.24, 2.45) is 0 Å². The van der Waals surface area contributed by atoms with Crippen molar-refractivity contribution in [2.75, 3.05) is 5.32 Å². The number of anilines is 1. The predicted octanol–water partition coefficient (Wildman–Crippen LogP) is 5.18. The summed E-state index contributed by atoms with van der Waals surface area (Å²) >= 11 is 12.2. The van der Waals surface area contributed by atoms with Crippen LogP contribution < -0.4 is 10.6 Å². The maximum Gasteiger partial charge on any atom is 0.244 e. The molecule has 8 heteroatoms. The SMILES string of the molecule is Cc1ccc(F)cc1C1NC(=O)C=C(c2ccc(Cl)o2)C12C(=O)Nc1cc(Cl)ccc12. The lowest BCUT2D eigenvalue weighted by Crippen LogP contribution is -2.52. The molecule has 2 amide bonds. The van der Waals surface area contributed by atoms with Gasteiger partial charge in [-0.1, -0.05) is 23.7 Å². The molecule has 2 aliphatic heterocycles. The molecule has 2 N–H and O–H groups in total. The number of amides is 2. The number of rotatable bonds is 2. The van der Waals surface area contributed by atoms with Gasteiger partial charge < -0.3 is 15.1 Å². The van der Waals surface area contributed by atoms with E-state index >= 15 is 0 Å². The predicted molar refractivity (Wildman–Crippen MR) is 115 cm³/mol. The van der Waals surface area contributed by atoms with Gasteiger partial charge in [0, 0.05) is 22.4 Å². The average molecular weight is 457 g/mol. The third-order valence-electron chi connectivity index (χ3n) is 5.82. The van der Waals surface area contributed by atoms with Crippen LogP contribution in [-0.4, -0.2) is 11.8 Å². The molecule has 31 heavy (non-hydrogen) atoms. The highest BCUT2D eigenvalue weighted by Crippen LogP contribution is 2.56. The van der Waals surface area contributed by atoms with E-state index in [-0.39, 0.29) is 11.0 Å². The molecule has 0 fully saturated rings. The highest BCUT2D eigenvalue weighted by atomic mass is 35.5. The second kappa shape index (κ2) is 6.97. The van der Waals surface area contributed by atoms with Crippen LogP contribution in [0.4, 0.5) is 10.1 Å². The van der Waals surface area contributed by atoms with E-state index < -0.39 is 29.1 Å². The molecule has 3 heterocycles. The molecule has 1 aromatic heterocycles. The molecule has 0 bridgehead atoms. The van der Waals surface area contributed by atoms with Crippen molar-refractivity contribution >= 4 is 46.3 Å². The lowest BCUT2D eigenvalue weighted by molar-refractivity contribution is -0.122. The summed E-state index contributed by atoms with van der Waals surface area (Å²) in [5.41, 5.74) is 1.21. The molecule has 2 aromatic carbocycles. The van der Waals surface area contributed by atoms with E-state index in [9.17, 15) is 14.0 Å². The first-order valence-electron chi connectivity index (χ1n) is 9.46. The molecule has 5 nitrogen and oxygen atoms in total. The number of fused-ring (bicyclic) bond motifs is 2. The fourth-order valence-electron chi connectivity index (χ4n) is 4.51. The molecule has 3 aromatic rings. The Balaban J connectivity index is 1.86. The lowest BCUT2D eigenvalue weighted by Gasteiger charge is -2.41. The van der Waals surface area contributed by atoms with Crippen LogP contribution in [0.1, 0.15) is 28.5 Å². The monoisotopic (exact) mass is 456 g/mol. The zero-order valence-corrected chi connectivity index (χ0v) is 17.6. The third-order valence-corrected chi connectivity index (χ3v) is 6.26. The Bertz CT molecular complexity index is 1300. The number of aryl methyl sites for hydroxylation is 1. The third kappa shape index (κ3) is 2.90. The molecule has 0 saturated carbocycles. The van der Waals surface area contributed by atoms with Crippen LogP contribution in [0.25, 0.3) is 5.57 Å². The molecule has 156 valence electrons. The Morgan fingerprint density at radius 2 is 1.87 bits per heavy atom. The van der Waals surface area contributed by atoms with Gasteiger partial charge in [0.1, 0.15) is 17.0 Å². The van der Waals surface area contributed by atoms with Crippen LogP contribution in [0, 0.1) is 12.7 Å². The minimum absolute atomic E-state index is 0.116. The molecule has 0 radical (unpaired) electrons. The first kappa shape index (κ1) is 19.8. The summed E-state index contributed by atoms with van der Waals surface area (Å²) in [6, 6.07) is 11.6. The van der Waals surface area contributed by atoms with Crippen LogP contribution in [0.15, 0.2) is 59.0 Å². The molecule has 2 aliphatic rings. The van der Waals surface area contributed by atoms with Crippen LogP contribution in [-0.2, 0) is 15.0 Å². The first-order valence-corrected chi connectivity index (χ1v) is 10.2. The zero-order chi connectivity index (χ0) is 21.9. The fourth-order valence-corrected chi connectivity index (χ4v) is 4.83. The van der Waals surface area contributed by atoms with E-state index in [1.807, 2.05) is 0 Å². The van der Waals surface area contributed by atoms with E-state index in [4.69, 9.17) is 27.6 Å². The highest BCUT2D eigenvalue weighted by molar-refractivity contribution is 6.31. The van der Waals surface area contributed by atoms with Gasteiger partial charge in [0.25, 0.3) is 0 Å². The summed E-state index contributed by atoms with van der Waals surface area (Å²) in [4.78, 5) is 26.4. The second-order valence-corrected chi connectivity index (χ2v) is 8.37. The van der Waals surface area contributed by atoms with Crippen molar-refractivity contribution in [1.82, 2.24) is 5.32 Å². The molecule has 2 atom stereocenters. The number of nitrogens with one attached hydrogen (secondary N) is 2. The minimum atomic E-state index is -1.42. The van der Waals surface area contributed by atoms with Gasteiger partial charge in [-0.15, -0.1) is 0 Å². The largest absolute Gasteiger partial charge is 0.445 e. The van der Waals surface area contributed by atoms with Crippen molar-refractivity contribution in [2.45, 2.75) is 18.4 Å². The summed E-state index contributed by atoms with van der Waals surface area (Å²) in [5, 5.41) is 6.31. The van der Waals surface area contributed by atoms with E-state index in [1.54, 1.807) is 37.3 Å². The van der Waals surface area contributed by atoms with Gasteiger partial charge in [0.2, 0.25) is 11.8 Å². The highest BCUT2D eigenvalue weighted by Gasteiger charge is 2.59.